The van der Waals surface area contributed by atoms with Crippen molar-refractivity contribution in [1.29, 1.82) is 5.26 Å². The van der Waals surface area contributed by atoms with Gasteiger partial charge in [-0.05, 0) is 24.0 Å². The zero-order valence-electron chi connectivity index (χ0n) is 12.7. The van der Waals surface area contributed by atoms with Crippen LogP contribution in [-0.2, 0) is 0 Å². The van der Waals surface area contributed by atoms with Crippen molar-refractivity contribution in [2.75, 3.05) is 12.4 Å². The van der Waals surface area contributed by atoms with Crippen LogP contribution in [0.4, 0.5) is 0 Å². The molecule has 5 heteroatoms. The number of hydrogen-bond donors (Lipinski definition) is 2. The molecule has 0 bridgehead atoms. The van der Waals surface area contributed by atoms with Crippen molar-refractivity contribution >= 4 is 17.7 Å². The monoisotopic (exact) mass is 306 g/mol. The Morgan fingerprint density at radius 2 is 2.10 bits per heavy atom. The second kappa shape index (κ2) is 8.06. The predicted octanol–water partition coefficient (Wildman–Crippen LogP) is 2.83. The molecule has 0 aliphatic heterocycles. The molecule has 1 aromatic rings. The van der Waals surface area contributed by atoms with Gasteiger partial charge in [0.15, 0.2) is 0 Å². The average Bonchev–Trinajstić information content (AvgIpc) is 2.43. The highest BCUT2D eigenvalue weighted by Gasteiger charge is 2.26. The van der Waals surface area contributed by atoms with Crippen LogP contribution in [0.5, 0.6) is 0 Å². The Kier molecular flexibility index (Phi) is 6.73. The van der Waals surface area contributed by atoms with E-state index in [0.29, 0.717) is 17.7 Å². The highest BCUT2D eigenvalue weighted by molar-refractivity contribution is 7.99. The van der Waals surface area contributed by atoms with Crippen LogP contribution < -0.4 is 5.32 Å². The van der Waals surface area contributed by atoms with Gasteiger partial charge in [0, 0.05) is 17.5 Å². The quantitative estimate of drug-likeness (QED) is 0.793. The second-order valence-electron chi connectivity index (χ2n) is 5.85. The standard InChI is InChI=1S/C16H22N2O2S/c1-16(2,3)14(8-10-19)18-15(20)12-6-4-5-7-13(12)21-11-9-17/h4-7,14,19H,8,10-11H2,1-3H3,(H,18,20). The third kappa shape index (κ3) is 5.41. The zero-order valence-corrected chi connectivity index (χ0v) is 13.5. The highest BCUT2D eigenvalue weighted by atomic mass is 32.2. The fourth-order valence-corrected chi connectivity index (χ4v) is 2.69. The highest BCUT2D eigenvalue weighted by Crippen LogP contribution is 2.25. The number of nitrogens with zero attached hydrogens (tertiary/aromatic N) is 1. The number of benzene rings is 1. The Labute approximate surface area is 130 Å². The largest absolute Gasteiger partial charge is 0.396 e. The van der Waals surface area contributed by atoms with E-state index in [1.165, 1.54) is 11.8 Å². The summed E-state index contributed by atoms with van der Waals surface area (Å²) < 4.78 is 0. The molecule has 4 nitrogen and oxygen atoms in total. The van der Waals surface area contributed by atoms with Gasteiger partial charge in [0.25, 0.3) is 5.91 Å². The minimum Gasteiger partial charge on any atom is -0.396 e. The maximum Gasteiger partial charge on any atom is 0.252 e. The topological polar surface area (TPSA) is 73.1 Å². The smallest absolute Gasteiger partial charge is 0.252 e. The van der Waals surface area contributed by atoms with Gasteiger partial charge in [0.05, 0.1) is 17.4 Å². The molecule has 0 saturated heterocycles. The first-order valence-corrected chi connectivity index (χ1v) is 7.89. The van der Waals surface area contributed by atoms with E-state index in [4.69, 9.17) is 10.4 Å². The maximum absolute atomic E-state index is 12.5. The molecule has 0 aliphatic rings. The first kappa shape index (κ1) is 17.5. The minimum absolute atomic E-state index is 0.0348. The number of hydrogen-bond acceptors (Lipinski definition) is 4. The molecular weight excluding hydrogens is 284 g/mol. The van der Waals surface area contributed by atoms with Crippen molar-refractivity contribution in [2.24, 2.45) is 5.41 Å². The lowest BCUT2D eigenvalue weighted by molar-refractivity contribution is 0.0882. The van der Waals surface area contributed by atoms with Crippen LogP contribution in [0.3, 0.4) is 0 Å². The van der Waals surface area contributed by atoms with E-state index in [-0.39, 0.29) is 24.0 Å². The molecule has 0 aromatic heterocycles. The zero-order chi connectivity index (χ0) is 15.9. The first-order valence-electron chi connectivity index (χ1n) is 6.90. The fourth-order valence-electron chi connectivity index (χ4n) is 1.98. The molecule has 0 fully saturated rings. The van der Waals surface area contributed by atoms with Crippen LogP contribution in [0.2, 0.25) is 0 Å². The van der Waals surface area contributed by atoms with Crippen LogP contribution in [0.1, 0.15) is 37.6 Å². The molecule has 1 unspecified atom stereocenters. The number of thioether (sulfide) groups is 1. The van der Waals surface area contributed by atoms with Gasteiger partial charge in [0.1, 0.15) is 0 Å². The van der Waals surface area contributed by atoms with E-state index in [2.05, 4.69) is 11.4 Å². The van der Waals surface area contributed by atoms with E-state index >= 15 is 0 Å². The molecule has 0 spiro atoms. The summed E-state index contributed by atoms with van der Waals surface area (Å²) in [6.45, 7) is 6.13. The summed E-state index contributed by atoms with van der Waals surface area (Å²) in [6, 6.07) is 9.22. The Morgan fingerprint density at radius 3 is 2.67 bits per heavy atom. The van der Waals surface area contributed by atoms with Crippen LogP contribution in [0.25, 0.3) is 0 Å². The normalized spacial score (nSPS) is 12.5. The molecule has 114 valence electrons. The van der Waals surface area contributed by atoms with Crippen LogP contribution in [0, 0.1) is 16.7 Å². The number of carbonyl (C=O) groups excluding carboxylic acids is 1. The van der Waals surface area contributed by atoms with E-state index in [1.54, 1.807) is 6.07 Å². The number of nitriles is 1. The lowest BCUT2D eigenvalue weighted by Gasteiger charge is -2.31. The SMILES string of the molecule is CC(C)(C)C(CCO)NC(=O)c1ccccc1SCC#N. The number of amides is 1. The number of nitrogens with one attached hydrogen (secondary N) is 1. The van der Waals surface area contributed by atoms with Crippen molar-refractivity contribution in [2.45, 2.75) is 38.1 Å². The Morgan fingerprint density at radius 1 is 1.43 bits per heavy atom. The van der Waals surface area contributed by atoms with Gasteiger partial charge in [-0.2, -0.15) is 5.26 Å². The lowest BCUT2D eigenvalue weighted by Crippen LogP contribution is -2.44. The van der Waals surface area contributed by atoms with Gasteiger partial charge in [-0.3, -0.25) is 4.79 Å². The molecule has 1 amide bonds. The molecular formula is C16H22N2O2S. The fraction of sp³-hybridized carbons (Fsp3) is 0.500. The summed E-state index contributed by atoms with van der Waals surface area (Å²) in [7, 11) is 0. The van der Waals surface area contributed by atoms with Crippen molar-refractivity contribution in [3.05, 3.63) is 29.8 Å². The van der Waals surface area contributed by atoms with E-state index < -0.39 is 0 Å². The molecule has 1 rings (SSSR count). The molecule has 0 heterocycles. The van der Waals surface area contributed by atoms with Gasteiger partial charge in [-0.1, -0.05) is 32.9 Å². The van der Waals surface area contributed by atoms with Gasteiger partial charge in [-0.25, -0.2) is 0 Å². The number of aliphatic hydroxyl groups excluding tert-OH is 1. The van der Waals surface area contributed by atoms with Gasteiger partial charge >= 0.3 is 0 Å². The van der Waals surface area contributed by atoms with Crippen LogP contribution in [0.15, 0.2) is 29.2 Å². The van der Waals surface area contributed by atoms with Crippen molar-refractivity contribution < 1.29 is 9.90 Å². The summed E-state index contributed by atoms with van der Waals surface area (Å²) >= 11 is 1.35. The lowest BCUT2D eigenvalue weighted by atomic mass is 9.85. The Hall–Kier alpha value is -1.51. The third-order valence-electron chi connectivity index (χ3n) is 3.19. The molecule has 2 N–H and O–H groups in total. The molecule has 0 aliphatic carbocycles. The second-order valence-corrected chi connectivity index (χ2v) is 6.86. The number of carbonyl (C=O) groups is 1. The summed E-state index contributed by atoms with van der Waals surface area (Å²) in [5.41, 5.74) is 0.442. The maximum atomic E-state index is 12.5. The van der Waals surface area contributed by atoms with Crippen molar-refractivity contribution in [1.82, 2.24) is 5.32 Å². The summed E-state index contributed by atoms with van der Waals surface area (Å²) in [5, 5.41) is 20.8. The minimum atomic E-state index is -0.163. The molecule has 0 radical (unpaired) electrons. The Balaban J connectivity index is 2.90. The molecule has 1 aromatic carbocycles. The summed E-state index contributed by atoms with van der Waals surface area (Å²) in [6.07, 6.45) is 0.517. The molecule has 0 saturated carbocycles. The van der Waals surface area contributed by atoms with Crippen molar-refractivity contribution in [3.8, 4) is 6.07 Å². The first-order chi connectivity index (χ1) is 9.90. The van der Waals surface area contributed by atoms with Gasteiger partial charge < -0.3 is 10.4 Å². The predicted molar refractivity (Wildman–Crippen MR) is 85.2 cm³/mol. The van der Waals surface area contributed by atoms with E-state index in [1.807, 2.05) is 39.0 Å². The Bertz CT molecular complexity index is 518. The van der Waals surface area contributed by atoms with Crippen LogP contribution in [-0.4, -0.2) is 29.4 Å². The van der Waals surface area contributed by atoms with Crippen molar-refractivity contribution in [3.63, 3.8) is 0 Å². The molecule has 1 atom stereocenters. The summed E-state index contributed by atoms with van der Waals surface area (Å²) in [4.78, 5) is 13.3. The average molecular weight is 306 g/mol. The number of aliphatic hydroxyl groups is 1. The van der Waals surface area contributed by atoms with Crippen LogP contribution >= 0.6 is 11.8 Å². The molecule has 21 heavy (non-hydrogen) atoms. The van der Waals surface area contributed by atoms with E-state index in [0.717, 1.165) is 4.90 Å². The van der Waals surface area contributed by atoms with E-state index in [9.17, 15) is 4.79 Å². The van der Waals surface area contributed by atoms with Gasteiger partial charge in [-0.15, -0.1) is 11.8 Å². The number of rotatable bonds is 6. The summed E-state index contributed by atoms with van der Waals surface area (Å²) in [5.74, 6) is 0.147. The van der Waals surface area contributed by atoms with Gasteiger partial charge in [0.2, 0.25) is 0 Å². The third-order valence-corrected chi connectivity index (χ3v) is 4.13.